The lowest BCUT2D eigenvalue weighted by Crippen LogP contribution is -2.42. The van der Waals surface area contributed by atoms with Crippen molar-refractivity contribution in [2.45, 2.75) is 103 Å². The minimum Gasteiger partial charge on any atom is -0.338 e. The number of carbonyl (C=O) groups excluding carboxylic acids is 2. The molecule has 0 aliphatic carbocycles. The van der Waals surface area contributed by atoms with E-state index < -0.39 is 13.4 Å². The highest BCUT2D eigenvalue weighted by molar-refractivity contribution is 8.07. The van der Waals surface area contributed by atoms with Crippen LogP contribution >= 0.6 is 13.4 Å². The van der Waals surface area contributed by atoms with Crippen molar-refractivity contribution in [1.82, 2.24) is 15.1 Å². The van der Waals surface area contributed by atoms with Crippen molar-refractivity contribution in [3.8, 4) is 0 Å². The van der Waals surface area contributed by atoms with E-state index in [1.807, 2.05) is 0 Å². The first kappa shape index (κ1) is 39.1. The number of nitrogens with zero attached hydrogens (tertiary/aromatic N) is 2. The molecule has 0 spiro atoms. The summed E-state index contributed by atoms with van der Waals surface area (Å²) in [5.74, 6) is 0.149. The molecule has 0 aromatic heterocycles. The third-order valence-electron chi connectivity index (χ3n) is 7.69. The predicted molar refractivity (Wildman–Crippen MR) is 177 cm³/mol. The van der Waals surface area contributed by atoms with Crippen molar-refractivity contribution in [2.75, 3.05) is 65.7 Å². The fourth-order valence-electron chi connectivity index (χ4n) is 5.15. The van der Waals surface area contributed by atoms with Crippen LogP contribution in [0.3, 0.4) is 0 Å². The summed E-state index contributed by atoms with van der Waals surface area (Å²) in [6, 6.07) is 0. The van der Waals surface area contributed by atoms with E-state index in [1.54, 1.807) is 9.80 Å². The van der Waals surface area contributed by atoms with E-state index in [1.165, 1.54) is 77.0 Å². The van der Waals surface area contributed by atoms with Gasteiger partial charge in [0.1, 0.15) is 0 Å². The van der Waals surface area contributed by atoms with Crippen LogP contribution < -0.4 is 5.32 Å². The highest BCUT2D eigenvalue weighted by Gasteiger charge is 2.23. The molecule has 0 aromatic rings. The molecular weight excluding hydrogens is 632 g/mol. The lowest BCUT2D eigenvalue weighted by molar-refractivity contribution is -0.133. The second-order valence-corrected chi connectivity index (χ2v) is 16.9. The topological polar surface area (TPSA) is 130 Å². The summed E-state index contributed by atoms with van der Waals surface area (Å²) < 4.78 is 20.6. The Bertz CT molecular complexity index is 793. The van der Waals surface area contributed by atoms with Gasteiger partial charge in [0, 0.05) is 32.6 Å². The maximum absolute atomic E-state index is 12.4. The third kappa shape index (κ3) is 19.9. The van der Waals surface area contributed by atoms with Crippen molar-refractivity contribution >= 4 is 48.9 Å². The molecule has 2 amide bonds. The zero-order valence-electron chi connectivity index (χ0n) is 25.8. The van der Waals surface area contributed by atoms with Gasteiger partial charge in [-0.05, 0) is 43.0 Å². The normalized spacial score (nSPS) is 19.3. The SMILES string of the molecule is O=C(CCCCCCCCCCCCCCCCCNCC(=O)N1CCOP(O)(=S)OCC1)N1CCOP(O)(=S)OCC1. The first-order valence-corrected chi connectivity index (χ1v) is 21.4. The highest BCUT2D eigenvalue weighted by Crippen LogP contribution is 2.44. The molecule has 2 saturated heterocycles. The Morgan fingerprint density at radius 3 is 1.28 bits per heavy atom. The largest absolute Gasteiger partial charge is 0.338 e. The molecule has 0 radical (unpaired) electrons. The second-order valence-electron chi connectivity index (χ2n) is 11.3. The van der Waals surface area contributed by atoms with Crippen LogP contribution in [0.4, 0.5) is 0 Å². The smallest absolute Gasteiger partial charge is 0.324 e. The zero-order valence-corrected chi connectivity index (χ0v) is 29.3. The van der Waals surface area contributed by atoms with Crippen molar-refractivity contribution < 1.29 is 37.5 Å². The number of unbranched alkanes of at least 4 members (excludes halogenated alkanes) is 14. The standard InChI is InChI=1S/C28H55N3O8P2S2/c32-27(30-18-22-36-40(34,42)37-23-19-30)16-14-12-10-8-6-4-2-1-3-5-7-9-11-13-15-17-29-26-28(33)31-20-24-38-41(35,43)39-25-21-31/h29H,1-26H2,(H,34,42)(H,35,43). The molecular formula is C28H55N3O8P2S2. The first-order valence-electron chi connectivity index (χ1n) is 16.2. The molecule has 2 fully saturated rings. The van der Waals surface area contributed by atoms with Gasteiger partial charge in [0.25, 0.3) is 0 Å². The molecule has 2 aliphatic heterocycles. The molecule has 0 saturated carbocycles. The van der Waals surface area contributed by atoms with Crippen LogP contribution in [0.2, 0.25) is 0 Å². The molecule has 0 unspecified atom stereocenters. The first-order chi connectivity index (χ1) is 20.7. The average Bonchev–Trinajstić information content (AvgIpc) is 2.94. The number of hydrogen-bond acceptors (Lipinski definition) is 9. The maximum Gasteiger partial charge on any atom is 0.324 e. The molecule has 11 nitrogen and oxygen atoms in total. The van der Waals surface area contributed by atoms with Crippen molar-refractivity contribution in [3.05, 3.63) is 0 Å². The summed E-state index contributed by atoms with van der Waals surface area (Å²) in [6.07, 6.45) is 19.0. The van der Waals surface area contributed by atoms with Gasteiger partial charge in [-0.1, -0.05) is 83.5 Å². The Kier molecular flexibility index (Phi) is 21.2. The highest BCUT2D eigenvalue weighted by atomic mass is 32.5. The summed E-state index contributed by atoms with van der Waals surface area (Å²) in [5, 5.41) is 3.24. The molecule has 0 atom stereocenters. The fraction of sp³-hybridized carbons (Fsp3) is 0.929. The molecule has 2 rings (SSSR count). The van der Waals surface area contributed by atoms with E-state index in [2.05, 4.69) is 5.32 Å². The van der Waals surface area contributed by atoms with Crippen molar-refractivity contribution in [3.63, 3.8) is 0 Å². The van der Waals surface area contributed by atoms with Gasteiger partial charge in [-0.25, -0.2) is 0 Å². The molecule has 2 heterocycles. The zero-order chi connectivity index (χ0) is 31.2. The molecule has 15 heteroatoms. The van der Waals surface area contributed by atoms with Crippen LogP contribution in [0.15, 0.2) is 0 Å². The summed E-state index contributed by atoms with van der Waals surface area (Å²) in [6.45, 7) is -2.45. The Morgan fingerprint density at radius 1 is 0.558 bits per heavy atom. The summed E-state index contributed by atoms with van der Waals surface area (Å²) >= 11 is 9.70. The van der Waals surface area contributed by atoms with Crippen molar-refractivity contribution in [1.29, 1.82) is 0 Å². The van der Waals surface area contributed by atoms with Crippen LogP contribution in [-0.2, 0) is 51.3 Å². The van der Waals surface area contributed by atoms with Crippen LogP contribution in [-0.4, -0.2) is 97.1 Å². The molecule has 43 heavy (non-hydrogen) atoms. The fourth-order valence-corrected chi connectivity index (χ4v) is 7.45. The second kappa shape index (κ2) is 23.3. The Balaban J connectivity index is 1.28. The summed E-state index contributed by atoms with van der Waals surface area (Å²) in [7, 11) is 0. The van der Waals surface area contributed by atoms with E-state index in [0.29, 0.717) is 39.1 Å². The van der Waals surface area contributed by atoms with Gasteiger partial charge in [-0.3, -0.25) is 9.59 Å². The number of amides is 2. The summed E-state index contributed by atoms with van der Waals surface area (Å²) in [4.78, 5) is 47.5. The molecule has 3 N–H and O–H groups in total. The third-order valence-corrected chi connectivity index (χ3v) is 11.0. The number of nitrogens with one attached hydrogen (secondary N) is 1. The lowest BCUT2D eigenvalue weighted by Gasteiger charge is -2.27. The van der Waals surface area contributed by atoms with E-state index in [9.17, 15) is 19.4 Å². The van der Waals surface area contributed by atoms with Gasteiger partial charge in [-0.2, -0.15) is 0 Å². The van der Waals surface area contributed by atoms with Crippen LogP contribution in [0.1, 0.15) is 103 Å². The van der Waals surface area contributed by atoms with Crippen LogP contribution in [0, 0.1) is 0 Å². The summed E-state index contributed by atoms with van der Waals surface area (Å²) in [5.41, 5.74) is 0. The molecule has 0 bridgehead atoms. The Hall–Kier alpha value is -0.0400. The molecule has 0 aromatic carbocycles. The Morgan fingerprint density at radius 2 is 0.884 bits per heavy atom. The minimum absolute atomic E-state index is 0.0203. The van der Waals surface area contributed by atoms with Crippen molar-refractivity contribution in [2.24, 2.45) is 0 Å². The monoisotopic (exact) mass is 687 g/mol. The number of carbonyl (C=O) groups is 2. The van der Waals surface area contributed by atoms with Gasteiger partial charge in [-0.15, -0.1) is 0 Å². The number of rotatable bonds is 20. The molecule has 2 aliphatic rings. The predicted octanol–water partition coefficient (Wildman–Crippen LogP) is 5.00. The van der Waals surface area contributed by atoms with Gasteiger partial charge >= 0.3 is 13.4 Å². The van der Waals surface area contributed by atoms with Gasteiger partial charge in [0.15, 0.2) is 0 Å². The van der Waals surface area contributed by atoms with E-state index >= 15 is 0 Å². The lowest BCUT2D eigenvalue weighted by atomic mass is 10.0. The van der Waals surface area contributed by atoms with E-state index in [4.69, 9.17) is 41.7 Å². The van der Waals surface area contributed by atoms with Crippen LogP contribution in [0.25, 0.3) is 0 Å². The van der Waals surface area contributed by atoms with Gasteiger partial charge in [0.2, 0.25) is 11.8 Å². The quantitative estimate of drug-likeness (QED) is 0.118. The van der Waals surface area contributed by atoms with Gasteiger partial charge < -0.3 is 43.0 Å². The van der Waals surface area contributed by atoms with E-state index in [-0.39, 0.29) is 38.2 Å². The average molecular weight is 688 g/mol. The number of hydrogen-bond donors (Lipinski definition) is 3. The Labute approximate surface area is 269 Å². The van der Waals surface area contributed by atoms with Gasteiger partial charge in [0.05, 0.1) is 33.0 Å². The van der Waals surface area contributed by atoms with Crippen LogP contribution in [0.5, 0.6) is 0 Å². The minimum atomic E-state index is -3.12. The molecule has 252 valence electrons. The van der Waals surface area contributed by atoms with E-state index in [0.717, 1.165) is 25.8 Å². The maximum atomic E-state index is 12.4.